The van der Waals surface area contributed by atoms with Gasteiger partial charge in [-0.05, 0) is 44.5 Å². The molecule has 0 saturated carbocycles. The molecule has 1 fully saturated rings. The highest BCUT2D eigenvalue weighted by atomic mass is 35.5. The van der Waals surface area contributed by atoms with Gasteiger partial charge >= 0.3 is 0 Å². The molecule has 0 spiro atoms. The number of carbonyl (C=O) groups is 1. The van der Waals surface area contributed by atoms with Crippen molar-refractivity contribution >= 4 is 55.9 Å². The number of aryl methyl sites for hydroxylation is 2. The van der Waals surface area contributed by atoms with E-state index in [0.29, 0.717) is 43.0 Å². The van der Waals surface area contributed by atoms with Gasteiger partial charge in [0.25, 0.3) is 11.5 Å². The lowest BCUT2D eigenvalue weighted by Crippen LogP contribution is -2.48. The highest BCUT2D eigenvalue weighted by molar-refractivity contribution is 7.89. The number of hydrogen-bond acceptors (Lipinski definition) is 11. The zero-order chi connectivity index (χ0) is 31.1. The van der Waals surface area contributed by atoms with E-state index >= 15 is 0 Å². The smallest absolute Gasteiger partial charge is 0.285 e. The van der Waals surface area contributed by atoms with E-state index in [2.05, 4.69) is 30.1 Å². The number of pyridine rings is 1. The van der Waals surface area contributed by atoms with Crippen molar-refractivity contribution in [2.75, 3.05) is 47.6 Å². The number of halogens is 1. The Kier molecular flexibility index (Phi) is 8.25. The van der Waals surface area contributed by atoms with Crippen LogP contribution in [0.15, 0.2) is 41.5 Å². The predicted octanol–water partition coefficient (Wildman–Crippen LogP) is 2.58. The molecular weight excluding hydrogens is 594 g/mol. The summed E-state index contributed by atoms with van der Waals surface area (Å²) in [6.45, 7) is 8.33. The molecule has 1 saturated heterocycles. The Morgan fingerprint density at radius 1 is 1.02 bits per heavy atom. The Bertz CT molecular complexity index is 1890. The van der Waals surface area contributed by atoms with Gasteiger partial charge in [-0.1, -0.05) is 17.7 Å². The van der Waals surface area contributed by atoms with Gasteiger partial charge in [0, 0.05) is 51.2 Å². The van der Waals surface area contributed by atoms with Crippen LogP contribution in [0.4, 0.5) is 17.5 Å². The first-order valence-electron chi connectivity index (χ1n) is 13.6. The molecule has 5 rings (SSSR count). The second-order valence-corrected chi connectivity index (χ2v) is 12.7. The Balaban J connectivity index is 1.49. The molecule has 0 radical (unpaired) electrons. The summed E-state index contributed by atoms with van der Waals surface area (Å²) in [5.74, 6) is 0.479. The molecule has 4 heterocycles. The van der Waals surface area contributed by atoms with Gasteiger partial charge in [0.05, 0.1) is 34.6 Å². The van der Waals surface area contributed by atoms with Crippen LogP contribution in [0.1, 0.15) is 40.3 Å². The molecule has 15 heteroatoms. The van der Waals surface area contributed by atoms with Crippen molar-refractivity contribution in [3.05, 3.63) is 74.7 Å². The SMILES string of the molecule is Cc1cc([C@@H](C)Nc2ccc(Cl)nc2C(=O)NS(C)(=O)=O)c2nc(N3CCN(c4nccnc4C)CC3)n(C)c(=O)c2c1. The van der Waals surface area contributed by atoms with E-state index in [0.717, 1.165) is 28.9 Å². The minimum absolute atomic E-state index is 0.0298. The number of nitrogens with zero attached hydrogens (tertiary/aromatic N) is 7. The zero-order valence-corrected chi connectivity index (χ0v) is 26.0. The van der Waals surface area contributed by atoms with Crippen LogP contribution in [0.5, 0.6) is 0 Å². The average molecular weight is 626 g/mol. The number of amides is 1. The third kappa shape index (κ3) is 6.39. The Morgan fingerprint density at radius 2 is 1.70 bits per heavy atom. The molecule has 2 N–H and O–H groups in total. The fourth-order valence-corrected chi connectivity index (χ4v) is 5.82. The van der Waals surface area contributed by atoms with E-state index in [4.69, 9.17) is 16.6 Å². The molecule has 226 valence electrons. The Hall–Kier alpha value is -4.30. The van der Waals surface area contributed by atoms with E-state index in [9.17, 15) is 18.0 Å². The number of anilines is 3. The molecule has 3 aromatic heterocycles. The van der Waals surface area contributed by atoms with Crippen molar-refractivity contribution in [2.45, 2.75) is 26.8 Å². The van der Waals surface area contributed by atoms with E-state index in [1.807, 2.05) is 37.6 Å². The largest absolute Gasteiger partial charge is 0.377 e. The van der Waals surface area contributed by atoms with Gasteiger partial charge < -0.3 is 15.1 Å². The summed E-state index contributed by atoms with van der Waals surface area (Å²) >= 11 is 6.03. The fraction of sp³-hybridized carbons (Fsp3) is 0.357. The van der Waals surface area contributed by atoms with Crippen LogP contribution in [-0.4, -0.2) is 71.3 Å². The van der Waals surface area contributed by atoms with E-state index in [1.54, 1.807) is 30.1 Å². The van der Waals surface area contributed by atoms with Gasteiger partial charge in [-0.2, -0.15) is 0 Å². The highest BCUT2D eigenvalue weighted by Gasteiger charge is 2.25. The molecule has 1 aliphatic heterocycles. The molecule has 1 aliphatic rings. The Labute approximate surface area is 254 Å². The van der Waals surface area contributed by atoms with Gasteiger partial charge in [-0.3, -0.25) is 19.1 Å². The van der Waals surface area contributed by atoms with Crippen LogP contribution < -0.4 is 25.4 Å². The van der Waals surface area contributed by atoms with Crippen LogP contribution in [0, 0.1) is 13.8 Å². The maximum atomic E-state index is 13.6. The summed E-state index contributed by atoms with van der Waals surface area (Å²) < 4.78 is 26.9. The van der Waals surface area contributed by atoms with Crippen molar-refractivity contribution in [1.82, 2.24) is 29.2 Å². The van der Waals surface area contributed by atoms with Crippen molar-refractivity contribution < 1.29 is 13.2 Å². The van der Waals surface area contributed by atoms with Crippen molar-refractivity contribution in [1.29, 1.82) is 0 Å². The van der Waals surface area contributed by atoms with E-state index in [-0.39, 0.29) is 22.1 Å². The molecule has 43 heavy (non-hydrogen) atoms. The second-order valence-electron chi connectivity index (χ2n) is 10.6. The molecule has 1 atom stereocenters. The van der Waals surface area contributed by atoms with Crippen LogP contribution >= 0.6 is 11.6 Å². The zero-order valence-electron chi connectivity index (χ0n) is 24.4. The summed E-state index contributed by atoms with van der Waals surface area (Å²) in [7, 11) is -2.11. The topological polar surface area (TPSA) is 155 Å². The lowest BCUT2D eigenvalue weighted by atomic mass is 10.0. The summed E-state index contributed by atoms with van der Waals surface area (Å²) in [6.07, 6.45) is 4.24. The minimum atomic E-state index is -3.83. The number of aromatic nitrogens is 5. The predicted molar refractivity (Wildman–Crippen MR) is 167 cm³/mol. The summed E-state index contributed by atoms with van der Waals surface area (Å²) in [5, 5.41) is 3.74. The lowest BCUT2D eigenvalue weighted by molar-refractivity contribution is 0.0977. The van der Waals surface area contributed by atoms with Gasteiger partial charge in [-0.15, -0.1) is 0 Å². The summed E-state index contributed by atoms with van der Waals surface area (Å²) in [6, 6.07) is 6.34. The first-order chi connectivity index (χ1) is 20.3. The molecule has 0 aliphatic carbocycles. The number of rotatable bonds is 7. The maximum Gasteiger partial charge on any atom is 0.285 e. The van der Waals surface area contributed by atoms with Crippen molar-refractivity contribution in [2.24, 2.45) is 7.05 Å². The molecule has 0 bridgehead atoms. The molecule has 13 nitrogen and oxygen atoms in total. The number of piperazine rings is 1. The quantitative estimate of drug-likeness (QED) is 0.291. The highest BCUT2D eigenvalue weighted by Crippen LogP contribution is 2.29. The van der Waals surface area contributed by atoms with Crippen LogP contribution in [-0.2, 0) is 17.1 Å². The van der Waals surface area contributed by atoms with Crippen LogP contribution in [0.2, 0.25) is 5.15 Å². The first kappa shape index (κ1) is 30.2. The maximum absolute atomic E-state index is 13.6. The summed E-state index contributed by atoms with van der Waals surface area (Å²) in [5.41, 5.74) is 2.90. The molecule has 0 unspecified atom stereocenters. The number of sulfonamides is 1. The van der Waals surface area contributed by atoms with Gasteiger partial charge in [0.1, 0.15) is 11.0 Å². The average Bonchev–Trinajstić information content (AvgIpc) is 2.95. The minimum Gasteiger partial charge on any atom is -0.377 e. The number of benzene rings is 1. The lowest BCUT2D eigenvalue weighted by Gasteiger charge is -2.36. The number of fused-ring (bicyclic) bond motifs is 1. The molecule has 1 amide bonds. The van der Waals surface area contributed by atoms with Crippen LogP contribution in [0.25, 0.3) is 10.9 Å². The van der Waals surface area contributed by atoms with Gasteiger partial charge in [0.2, 0.25) is 16.0 Å². The molecule has 4 aromatic rings. The van der Waals surface area contributed by atoms with Gasteiger partial charge in [-0.25, -0.2) is 28.1 Å². The standard InChI is InChI=1S/C28H32ClN9O4S/c1-16-14-19(17(2)32-21-6-7-22(29)33-24(21)26(39)35-43(5,41)42)23-20(15-16)27(40)36(4)28(34-23)38-12-10-37(11-13-38)25-18(3)30-8-9-31-25/h6-9,14-15,17,32H,10-13H2,1-5H3,(H,35,39)/t17-/m1/s1. The second kappa shape index (κ2) is 11.8. The number of hydrogen-bond donors (Lipinski definition) is 2. The third-order valence-electron chi connectivity index (χ3n) is 7.24. The van der Waals surface area contributed by atoms with Gasteiger partial charge in [0.15, 0.2) is 5.69 Å². The monoisotopic (exact) mass is 625 g/mol. The molecular formula is C28H32ClN9O4S. The van der Waals surface area contributed by atoms with Crippen molar-refractivity contribution in [3.8, 4) is 0 Å². The molecule has 1 aromatic carbocycles. The van der Waals surface area contributed by atoms with Crippen LogP contribution in [0.3, 0.4) is 0 Å². The summed E-state index contributed by atoms with van der Waals surface area (Å²) in [4.78, 5) is 48.5. The first-order valence-corrected chi connectivity index (χ1v) is 15.8. The number of carbonyl (C=O) groups excluding carboxylic acids is 1. The third-order valence-corrected chi connectivity index (χ3v) is 8.01. The fourth-order valence-electron chi connectivity index (χ4n) is 5.24. The normalized spacial score (nSPS) is 14.6. The van der Waals surface area contributed by atoms with Crippen molar-refractivity contribution in [3.63, 3.8) is 0 Å². The van der Waals surface area contributed by atoms with E-state index in [1.165, 1.54) is 6.07 Å². The van der Waals surface area contributed by atoms with E-state index < -0.39 is 22.0 Å². The Morgan fingerprint density at radius 3 is 2.37 bits per heavy atom. The number of nitrogens with one attached hydrogen (secondary N) is 2.